The molecule has 0 unspecified atom stereocenters. The normalized spacial score (nSPS) is 11.6. The van der Waals surface area contributed by atoms with E-state index in [0.717, 1.165) is 6.08 Å². The van der Waals surface area contributed by atoms with Gasteiger partial charge in [0.05, 0.1) is 0 Å². The Bertz CT molecular complexity index is 804. The van der Waals surface area contributed by atoms with E-state index < -0.39 is 24.0 Å². The Morgan fingerprint density at radius 1 is 1.04 bits per heavy atom. The van der Waals surface area contributed by atoms with Crippen molar-refractivity contribution in [2.75, 3.05) is 7.05 Å². The van der Waals surface area contributed by atoms with Crippen LogP contribution in [0.4, 0.5) is 9.18 Å². The predicted molar refractivity (Wildman–Crippen MR) is 93.3 cm³/mol. The number of esters is 1. The van der Waals surface area contributed by atoms with Crippen molar-refractivity contribution in [2.24, 2.45) is 0 Å². The smallest absolute Gasteiger partial charge is 0.331 e. The third-order valence-corrected chi connectivity index (χ3v) is 3.32. The Labute approximate surface area is 149 Å². The molecule has 6 nitrogen and oxygen atoms in total. The number of carbonyl (C=O) groups excluding carboxylic acids is 3. The summed E-state index contributed by atoms with van der Waals surface area (Å²) in [6, 6.07) is 13.1. The maximum absolute atomic E-state index is 12.9. The maximum atomic E-state index is 12.9. The van der Waals surface area contributed by atoms with Gasteiger partial charge in [-0.1, -0.05) is 42.5 Å². The molecule has 0 heterocycles. The SMILES string of the molecule is CNC(=O)NC(=O)[C@H](OC(=O)/C=C/c1ccc(F)cc1)c1ccccc1. The second-order valence-electron chi connectivity index (χ2n) is 5.18. The summed E-state index contributed by atoms with van der Waals surface area (Å²) in [5.74, 6) is -1.95. The number of benzene rings is 2. The molecule has 2 N–H and O–H groups in total. The molecule has 0 aliphatic heterocycles. The number of rotatable bonds is 5. The van der Waals surface area contributed by atoms with Gasteiger partial charge in [-0.2, -0.15) is 0 Å². The standard InChI is InChI=1S/C19H17FN2O4/c1-21-19(25)22-18(24)17(14-5-3-2-4-6-14)26-16(23)12-9-13-7-10-15(20)11-8-13/h2-12,17H,1H3,(H2,21,22,24,25)/b12-9+/t17-/m1/s1. The molecular weight excluding hydrogens is 339 g/mol. The Hall–Kier alpha value is -3.48. The molecule has 3 amide bonds. The first-order valence-electron chi connectivity index (χ1n) is 7.71. The van der Waals surface area contributed by atoms with Gasteiger partial charge < -0.3 is 10.1 Å². The molecule has 2 rings (SSSR count). The van der Waals surface area contributed by atoms with Crippen molar-refractivity contribution in [3.05, 3.63) is 77.6 Å². The van der Waals surface area contributed by atoms with Crippen LogP contribution in [0.1, 0.15) is 17.2 Å². The van der Waals surface area contributed by atoms with E-state index in [4.69, 9.17) is 4.74 Å². The average Bonchev–Trinajstić information content (AvgIpc) is 2.66. The highest BCUT2D eigenvalue weighted by Crippen LogP contribution is 2.18. The molecule has 0 saturated carbocycles. The summed E-state index contributed by atoms with van der Waals surface area (Å²) in [6.45, 7) is 0. The van der Waals surface area contributed by atoms with E-state index in [9.17, 15) is 18.8 Å². The molecule has 0 aromatic heterocycles. The largest absolute Gasteiger partial charge is 0.444 e. The summed E-state index contributed by atoms with van der Waals surface area (Å²) >= 11 is 0. The van der Waals surface area contributed by atoms with Crippen molar-refractivity contribution < 1.29 is 23.5 Å². The zero-order chi connectivity index (χ0) is 18.9. The first kappa shape index (κ1) is 18.9. The summed E-state index contributed by atoms with van der Waals surface area (Å²) in [5, 5.41) is 4.33. The first-order valence-corrected chi connectivity index (χ1v) is 7.71. The number of hydrogen-bond donors (Lipinski definition) is 2. The van der Waals surface area contributed by atoms with Crippen molar-refractivity contribution in [3.8, 4) is 0 Å². The number of imide groups is 1. The molecule has 0 bridgehead atoms. The highest BCUT2D eigenvalue weighted by molar-refractivity contribution is 5.98. The van der Waals surface area contributed by atoms with Crippen molar-refractivity contribution in [2.45, 2.75) is 6.10 Å². The summed E-state index contributed by atoms with van der Waals surface area (Å²) in [5.41, 5.74) is 1.01. The van der Waals surface area contributed by atoms with Gasteiger partial charge in [-0.3, -0.25) is 10.1 Å². The lowest BCUT2D eigenvalue weighted by molar-refractivity contribution is -0.151. The van der Waals surface area contributed by atoms with E-state index in [2.05, 4.69) is 10.6 Å². The van der Waals surface area contributed by atoms with Crippen molar-refractivity contribution >= 4 is 24.0 Å². The summed E-state index contributed by atoms with van der Waals surface area (Å²) in [6.07, 6.45) is 1.26. The summed E-state index contributed by atoms with van der Waals surface area (Å²) in [4.78, 5) is 35.7. The van der Waals surface area contributed by atoms with Crippen LogP contribution in [0, 0.1) is 5.82 Å². The van der Waals surface area contributed by atoms with Crippen LogP contribution < -0.4 is 10.6 Å². The minimum absolute atomic E-state index is 0.389. The fraction of sp³-hybridized carbons (Fsp3) is 0.105. The van der Waals surface area contributed by atoms with Crippen LogP contribution >= 0.6 is 0 Å². The first-order chi connectivity index (χ1) is 12.5. The number of hydrogen-bond acceptors (Lipinski definition) is 4. The molecule has 1 atom stereocenters. The number of urea groups is 1. The van der Waals surface area contributed by atoms with E-state index in [0.29, 0.717) is 11.1 Å². The van der Waals surface area contributed by atoms with Crippen LogP contribution in [-0.4, -0.2) is 25.0 Å². The number of nitrogens with one attached hydrogen (secondary N) is 2. The summed E-state index contributed by atoms with van der Waals surface area (Å²) < 4.78 is 18.1. The molecular formula is C19H17FN2O4. The third-order valence-electron chi connectivity index (χ3n) is 3.32. The van der Waals surface area contributed by atoms with Gasteiger partial charge >= 0.3 is 12.0 Å². The predicted octanol–water partition coefficient (Wildman–Crippen LogP) is 2.58. The van der Waals surface area contributed by atoms with Gasteiger partial charge in [0.25, 0.3) is 5.91 Å². The highest BCUT2D eigenvalue weighted by atomic mass is 19.1. The molecule has 0 spiro atoms. The highest BCUT2D eigenvalue weighted by Gasteiger charge is 2.25. The van der Waals surface area contributed by atoms with Gasteiger partial charge in [0.15, 0.2) is 0 Å². The van der Waals surface area contributed by atoms with Gasteiger partial charge in [-0.05, 0) is 23.8 Å². The second kappa shape index (κ2) is 9.12. The maximum Gasteiger partial charge on any atom is 0.331 e. The van der Waals surface area contributed by atoms with E-state index in [-0.39, 0.29) is 5.82 Å². The van der Waals surface area contributed by atoms with Gasteiger partial charge in [-0.25, -0.2) is 14.0 Å². The molecule has 0 radical (unpaired) electrons. The molecule has 26 heavy (non-hydrogen) atoms. The lowest BCUT2D eigenvalue weighted by Crippen LogP contribution is -2.41. The van der Waals surface area contributed by atoms with Crippen LogP contribution in [0.15, 0.2) is 60.7 Å². The molecule has 0 fully saturated rings. The molecule has 0 saturated heterocycles. The Balaban J connectivity index is 2.12. The number of halogens is 1. The van der Waals surface area contributed by atoms with Crippen molar-refractivity contribution in [1.82, 2.24) is 10.6 Å². The van der Waals surface area contributed by atoms with Gasteiger partial charge in [0.2, 0.25) is 6.10 Å². The molecule has 2 aromatic rings. The van der Waals surface area contributed by atoms with Crippen LogP contribution in [0.3, 0.4) is 0 Å². The average molecular weight is 356 g/mol. The molecule has 2 aromatic carbocycles. The van der Waals surface area contributed by atoms with Gasteiger partial charge in [0, 0.05) is 18.7 Å². The topological polar surface area (TPSA) is 84.5 Å². The second-order valence-corrected chi connectivity index (χ2v) is 5.18. The third kappa shape index (κ3) is 5.55. The fourth-order valence-electron chi connectivity index (χ4n) is 2.03. The van der Waals surface area contributed by atoms with Crippen molar-refractivity contribution in [1.29, 1.82) is 0 Å². The van der Waals surface area contributed by atoms with E-state index in [1.54, 1.807) is 30.3 Å². The monoisotopic (exact) mass is 356 g/mol. The van der Waals surface area contributed by atoms with E-state index in [1.165, 1.54) is 37.4 Å². The van der Waals surface area contributed by atoms with Gasteiger partial charge in [0.1, 0.15) is 5.82 Å². The molecule has 0 aliphatic carbocycles. The lowest BCUT2D eigenvalue weighted by Gasteiger charge is -2.16. The summed E-state index contributed by atoms with van der Waals surface area (Å²) in [7, 11) is 1.36. The fourth-order valence-corrected chi connectivity index (χ4v) is 2.03. The Morgan fingerprint density at radius 3 is 2.31 bits per heavy atom. The Morgan fingerprint density at radius 2 is 1.69 bits per heavy atom. The van der Waals surface area contributed by atoms with Crippen LogP contribution in [0.25, 0.3) is 6.08 Å². The molecule has 134 valence electrons. The number of amides is 3. The lowest BCUT2D eigenvalue weighted by atomic mass is 10.1. The van der Waals surface area contributed by atoms with Crippen LogP contribution in [-0.2, 0) is 14.3 Å². The van der Waals surface area contributed by atoms with Gasteiger partial charge in [-0.15, -0.1) is 0 Å². The Kier molecular flexibility index (Phi) is 6.61. The molecule has 0 aliphatic rings. The minimum atomic E-state index is -1.29. The molecule has 7 heteroatoms. The zero-order valence-corrected chi connectivity index (χ0v) is 13.9. The van der Waals surface area contributed by atoms with E-state index >= 15 is 0 Å². The van der Waals surface area contributed by atoms with Crippen LogP contribution in [0.5, 0.6) is 0 Å². The van der Waals surface area contributed by atoms with Crippen LogP contribution in [0.2, 0.25) is 0 Å². The zero-order valence-electron chi connectivity index (χ0n) is 13.9. The minimum Gasteiger partial charge on any atom is -0.444 e. The quantitative estimate of drug-likeness (QED) is 0.637. The number of ether oxygens (including phenoxy) is 1. The van der Waals surface area contributed by atoms with Crippen molar-refractivity contribution in [3.63, 3.8) is 0 Å². The van der Waals surface area contributed by atoms with E-state index in [1.807, 2.05) is 0 Å². The number of carbonyl (C=O) groups is 3.